The van der Waals surface area contributed by atoms with Crippen LogP contribution in [0.5, 0.6) is 0 Å². The van der Waals surface area contributed by atoms with Crippen LogP contribution in [0.3, 0.4) is 0 Å². The summed E-state index contributed by atoms with van der Waals surface area (Å²) in [6.45, 7) is 2.89. The molecular formula is C6H11NOS. The lowest BCUT2D eigenvalue weighted by Crippen LogP contribution is -2.38. The van der Waals surface area contributed by atoms with Gasteiger partial charge < -0.3 is 5.32 Å². The molecule has 0 unspecified atom stereocenters. The first-order chi connectivity index (χ1) is 4.34. The fourth-order valence-electron chi connectivity index (χ4n) is 0.868. The second-order valence-electron chi connectivity index (χ2n) is 2.06. The van der Waals surface area contributed by atoms with Gasteiger partial charge in [0.1, 0.15) is 0 Å². The van der Waals surface area contributed by atoms with E-state index in [1.54, 1.807) is 11.8 Å². The molecule has 0 aromatic carbocycles. The summed E-state index contributed by atoms with van der Waals surface area (Å²) in [6.07, 6.45) is 0.955. The largest absolute Gasteiger partial charge is 0.354 e. The molecule has 1 N–H and O–H groups in total. The van der Waals surface area contributed by atoms with E-state index in [-0.39, 0.29) is 11.2 Å². The molecule has 2 nitrogen and oxygen atoms in total. The van der Waals surface area contributed by atoms with Gasteiger partial charge in [-0.1, -0.05) is 6.92 Å². The van der Waals surface area contributed by atoms with Crippen molar-refractivity contribution in [3.8, 4) is 0 Å². The summed E-state index contributed by atoms with van der Waals surface area (Å²) >= 11 is 1.76. The van der Waals surface area contributed by atoms with E-state index in [2.05, 4.69) is 5.32 Å². The Balaban J connectivity index is 2.39. The summed E-state index contributed by atoms with van der Waals surface area (Å²) in [5.41, 5.74) is 0. The van der Waals surface area contributed by atoms with Crippen LogP contribution in [0.25, 0.3) is 0 Å². The van der Waals surface area contributed by atoms with Crippen LogP contribution in [-0.4, -0.2) is 23.5 Å². The Hall–Kier alpha value is -0.180. The number of rotatable bonds is 1. The van der Waals surface area contributed by atoms with E-state index < -0.39 is 0 Å². The topological polar surface area (TPSA) is 29.1 Å². The molecule has 1 saturated heterocycles. The Morgan fingerprint density at radius 2 is 2.67 bits per heavy atom. The maximum atomic E-state index is 10.9. The van der Waals surface area contributed by atoms with Gasteiger partial charge in [-0.05, 0) is 6.42 Å². The molecule has 52 valence electrons. The number of thioether (sulfide) groups is 1. The molecule has 1 aliphatic rings. The zero-order valence-corrected chi connectivity index (χ0v) is 6.33. The molecule has 1 atom stereocenters. The van der Waals surface area contributed by atoms with Crippen LogP contribution in [-0.2, 0) is 4.79 Å². The molecule has 1 aliphatic heterocycles. The predicted molar refractivity (Wildman–Crippen MR) is 39.5 cm³/mol. The van der Waals surface area contributed by atoms with E-state index in [1.165, 1.54) is 0 Å². The van der Waals surface area contributed by atoms with E-state index >= 15 is 0 Å². The number of hydrogen-bond donors (Lipinski definition) is 1. The van der Waals surface area contributed by atoms with Crippen LogP contribution in [0.15, 0.2) is 0 Å². The standard InChI is InChI=1S/C6H11NOS/c1-2-5-6(8)7-3-4-9-5/h5H,2-4H2,1H3,(H,7,8)/t5-/m0/s1. The lowest BCUT2D eigenvalue weighted by Gasteiger charge is -2.19. The lowest BCUT2D eigenvalue weighted by molar-refractivity contribution is -0.120. The summed E-state index contributed by atoms with van der Waals surface area (Å²) < 4.78 is 0. The van der Waals surface area contributed by atoms with Gasteiger partial charge in [0, 0.05) is 12.3 Å². The second kappa shape index (κ2) is 3.11. The zero-order valence-electron chi connectivity index (χ0n) is 5.52. The summed E-state index contributed by atoms with van der Waals surface area (Å²) in [5.74, 6) is 1.29. The van der Waals surface area contributed by atoms with Crippen LogP contribution in [0.4, 0.5) is 0 Å². The molecule has 1 fully saturated rings. The quantitative estimate of drug-likeness (QED) is 0.586. The van der Waals surface area contributed by atoms with Gasteiger partial charge in [-0.25, -0.2) is 0 Å². The summed E-state index contributed by atoms with van der Waals surface area (Å²) in [6, 6.07) is 0. The molecule has 9 heavy (non-hydrogen) atoms. The first kappa shape index (κ1) is 6.93. The lowest BCUT2D eigenvalue weighted by atomic mass is 10.3. The molecule has 0 aliphatic carbocycles. The highest BCUT2D eigenvalue weighted by Crippen LogP contribution is 2.16. The van der Waals surface area contributed by atoms with Gasteiger partial charge in [0.25, 0.3) is 0 Å². The Bertz CT molecular complexity index is 116. The smallest absolute Gasteiger partial charge is 0.233 e. The minimum Gasteiger partial charge on any atom is -0.354 e. The van der Waals surface area contributed by atoms with Gasteiger partial charge in [0.15, 0.2) is 0 Å². The van der Waals surface area contributed by atoms with Gasteiger partial charge in [0.05, 0.1) is 5.25 Å². The number of hydrogen-bond acceptors (Lipinski definition) is 2. The maximum absolute atomic E-state index is 10.9. The van der Waals surface area contributed by atoms with Crippen molar-refractivity contribution in [1.82, 2.24) is 5.32 Å². The van der Waals surface area contributed by atoms with E-state index in [1.807, 2.05) is 6.92 Å². The molecule has 0 spiro atoms. The van der Waals surface area contributed by atoms with E-state index in [0.717, 1.165) is 18.7 Å². The molecule has 0 bridgehead atoms. The number of nitrogens with one attached hydrogen (secondary N) is 1. The van der Waals surface area contributed by atoms with Gasteiger partial charge in [-0.3, -0.25) is 4.79 Å². The summed E-state index contributed by atoms with van der Waals surface area (Å²) in [4.78, 5) is 10.9. The maximum Gasteiger partial charge on any atom is 0.233 e. The third kappa shape index (κ3) is 1.61. The average molecular weight is 145 g/mol. The van der Waals surface area contributed by atoms with Crippen molar-refractivity contribution in [3.05, 3.63) is 0 Å². The van der Waals surface area contributed by atoms with Gasteiger partial charge in [0.2, 0.25) is 5.91 Å². The highest BCUT2D eigenvalue weighted by atomic mass is 32.2. The van der Waals surface area contributed by atoms with Gasteiger partial charge >= 0.3 is 0 Å². The second-order valence-corrected chi connectivity index (χ2v) is 3.37. The fourth-order valence-corrected chi connectivity index (χ4v) is 1.84. The van der Waals surface area contributed by atoms with Gasteiger partial charge in [-0.2, -0.15) is 0 Å². The van der Waals surface area contributed by atoms with Crippen molar-refractivity contribution in [2.24, 2.45) is 0 Å². The van der Waals surface area contributed by atoms with Crippen molar-refractivity contribution in [3.63, 3.8) is 0 Å². The molecule has 3 heteroatoms. The van der Waals surface area contributed by atoms with E-state index in [0.29, 0.717) is 0 Å². The molecule has 0 saturated carbocycles. The third-order valence-corrected chi connectivity index (χ3v) is 2.77. The highest BCUT2D eigenvalue weighted by molar-refractivity contribution is 8.00. The third-order valence-electron chi connectivity index (χ3n) is 1.38. The minimum atomic E-state index is 0.216. The fraction of sp³-hybridized carbons (Fsp3) is 0.833. The van der Waals surface area contributed by atoms with E-state index in [9.17, 15) is 4.79 Å². The normalized spacial score (nSPS) is 27.7. The molecule has 1 rings (SSSR count). The summed E-state index contributed by atoms with van der Waals surface area (Å²) in [7, 11) is 0. The average Bonchev–Trinajstić information content (AvgIpc) is 1.89. The SMILES string of the molecule is CC[C@@H]1SCCNC1=O. The Morgan fingerprint density at radius 3 is 3.11 bits per heavy atom. The predicted octanol–water partition coefficient (Wildman–Crippen LogP) is 0.628. The van der Waals surface area contributed by atoms with Gasteiger partial charge in [-0.15, -0.1) is 11.8 Å². The van der Waals surface area contributed by atoms with Crippen LogP contribution in [0, 0.1) is 0 Å². The van der Waals surface area contributed by atoms with Crippen molar-refractivity contribution in [2.75, 3.05) is 12.3 Å². The Labute approximate surface area is 59.4 Å². The number of carbonyl (C=O) groups excluding carboxylic acids is 1. The monoisotopic (exact) mass is 145 g/mol. The Morgan fingerprint density at radius 1 is 1.89 bits per heavy atom. The van der Waals surface area contributed by atoms with Crippen LogP contribution < -0.4 is 5.32 Å². The van der Waals surface area contributed by atoms with Crippen LogP contribution in [0.2, 0.25) is 0 Å². The zero-order chi connectivity index (χ0) is 6.69. The van der Waals surface area contributed by atoms with E-state index in [4.69, 9.17) is 0 Å². The first-order valence-corrected chi connectivity index (χ1v) is 4.28. The highest BCUT2D eigenvalue weighted by Gasteiger charge is 2.19. The van der Waals surface area contributed by atoms with Crippen molar-refractivity contribution in [2.45, 2.75) is 18.6 Å². The Kier molecular flexibility index (Phi) is 2.39. The van der Waals surface area contributed by atoms with Crippen LogP contribution >= 0.6 is 11.8 Å². The molecule has 0 radical (unpaired) electrons. The molecular weight excluding hydrogens is 134 g/mol. The molecule has 0 aromatic heterocycles. The first-order valence-electron chi connectivity index (χ1n) is 3.24. The molecule has 1 amide bonds. The number of amides is 1. The molecule has 1 heterocycles. The molecule has 0 aromatic rings. The van der Waals surface area contributed by atoms with Crippen molar-refractivity contribution < 1.29 is 4.79 Å². The number of carbonyl (C=O) groups is 1. The van der Waals surface area contributed by atoms with Crippen molar-refractivity contribution >= 4 is 17.7 Å². The summed E-state index contributed by atoms with van der Waals surface area (Å²) in [5, 5.41) is 3.04. The minimum absolute atomic E-state index is 0.216. The van der Waals surface area contributed by atoms with Crippen LogP contribution in [0.1, 0.15) is 13.3 Å². The van der Waals surface area contributed by atoms with Crippen molar-refractivity contribution in [1.29, 1.82) is 0 Å².